The second-order valence-corrected chi connectivity index (χ2v) is 7.33. The van der Waals surface area contributed by atoms with Crippen molar-refractivity contribution in [1.29, 1.82) is 0 Å². The van der Waals surface area contributed by atoms with Crippen LogP contribution in [0.4, 0.5) is 23.7 Å². The first-order valence-electron chi connectivity index (χ1n) is 8.76. The highest BCUT2D eigenvalue weighted by molar-refractivity contribution is 5.99. The first kappa shape index (κ1) is 22.3. The monoisotopic (exact) mass is 409 g/mol. The number of anilines is 1. The van der Waals surface area contributed by atoms with Crippen LogP contribution in [-0.4, -0.2) is 24.6 Å². The first-order valence-corrected chi connectivity index (χ1v) is 8.76. The maximum Gasteiger partial charge on any atom is 0.416 e. The van der Waals surface area contributed by atoms with Crippen LogP contribution < -0.4 is 10.1 Å². The number of carbonyl (C=O) groups excluding carboxylic acids is 2. The minimum absolute atomic E-state index is 0.0705. The number of ketones is 1. The van der Waals surface area contributed by atoms with E-state index < -0.39 is 29.2 Å². The smallest absolute Gasteiger partial charge is 0.416 e. The van der Waals surface area contributed by atoms with E-state index >= 15 is 0 Å². The Morgan fingerprint density at radius 2 is 1.72 bits per heavy atom. The van der Waals surface area contributed by atoms with Gasteiger partial charge in [-0.05, 0) is 44.5 Å². The van der Waals surface area contributed by atoms with Crippen molar-refractivity contribution < 1.29 is 32.2 Å². The molecule has 0 unspecified atom stereocenters. The molecule has 2 aromatic rings. The summed E-state index contributed by atoms with van der Waals surface area (Å²) in [4.78, 5) is 24.7. The van der Waals surface area contributed by atoms with E-state index in [1.54, 1.807) is 32.9 Å². The number of methoxy groups -OCH3 is 1. The lowest BCUT2D eigenvalue weighted by Gasteiger charge is -2.20. The van der Waals surface area contributed by atoms with Crippen molar-refractivity contribution in [2.24, 2.45) is 0 Å². The highest BCUT2D eigenvalue weighted by Crippen LogP contribution is 2.30. The zero-order chi connectivity index (χ0) is 21.8. The van der Waals surface area contributed by atoms with Crippen LogP contribution in [0.25, 0.3) is 0 Å². The molecular formula is C21H22F3NO4. The summed E-state index contributed by atoms with van der Waals surface area (Å²) in [6.07, 6.45) is -5.48. The zero-order valence-corrected chi connectivity index (χ0v) is 16.5. The van der Waals surface area contributed by atoms with Gasteiger partial charge < -0.3 is 9.47 Å². The van der Waals surface area contributed by atoms with Gasteiger partial charge in [0.2, 0.25) is 0 Å². The molecule has 0 bridgehead atoms. The number of hydrogen-bond acceptors (Lipinski definition) is 4. The second-order valence-electron chi connectivity index (χ2n) is 7.33. The highest BCUT2D eigenvalue weighted by atomic mass is 19.4. The average molecular weight is 409 g/mol. The molecule has 0 spiro atoms. The van der Waals surface area contributed by atoms with E-state index in [1.807, 2.05) is 0 Å². The van der Waals surface area contributed by atoms with E-state index in [0.29, 0.717) is 11.3 Å². The van der Waals surface area contributed by atoms with Gasteiger partial charge >= 0.3 is 12.3 Å². The van der Waals surface area contributed by atoms with Gasteiger partial charge in [-0.2, -0.15) is 13.2 Å². The van der Waals surface area contributed by atoms with Crippen LogP contribution in [-0.2, 0) is 17.3 Å². The number of nitrogens with one attached hydrogen (secondary N) is 1. The molecule has 0 aliphatic heterocycles. The molecule has 0 aliphatic carbocycles. The van der Waals surface area contributed by atoms with Crippen molar-refractivity contribution in [1.82, 2.24) is 0 Å². The molecule has 0 aliphatic rings. The molecule has 0 radical (unpaired) electrons. The minimum atomic E-state index is -4.54. The molecule has 2 rings (SSSR count). The van der Waals surface area contributed by atoms with Gasteiger partial charge in [0.25, 0.3) is 0 Å². The molecule has 1 N–H and O–H groups in total. The van der Waals surface area contributed by atoms with Crippen LogP contribution in [0, 0.1) is 0 Å². The molecule has 0 atom stereocenters. The Kier molecular flexibility index (Phi) is 6.56. The standard InChI is InChI=1S/C21H22F3NO4/c1-20(2,3)29-19(27)25-17-12-16(28-4)9-8-13(17)11-18(26)14-6-5-7-15(10-14)21(22,23)24/h5-10,12H,11H2,1-4H3,(H,25,27). The molecular weight excluding hydrogens is 387 g/mol. The van der Waals surface area contributed by atoms with E-state index in [9.17, 15) is 22.8 Å². The van der Waals surface area contributed by atoms with Crippen molar-refractivity contribution in [3.8, 4) is 5.75 Å². The third kappa shape index (κ3) is 6.51. The largest absolute Gasteiger partial charge is 0.497 e. The van der Waals surface area contributed by atoms with Crippen molar-refractivity contribution >= 4 is 17.6 Å². The Bertz CT molecular complexity index is 902. The van der Waals surface area contributed by atoms with Crippen molar-refractivity contribution in [2.45, 2.75) is 39.0 Å². The molecule has 0 saturated heterocycles. The Morgan fingerprint density at radius 3 is 2.31 bits per heavy atom. The molecule has 0 heterocycles. The molecule has 1 amide bonds. The Hall–Kier alpha value is -3.03. The number of amides is 1. The fourth-order valence-corrected chi connectivity index (χ4v) is 2.51. The lowest BCUT2D eigenvalue weighted by molar-refractivity contribution is -0.137. The lowest BCUT2D eigenvalue weighted by Crippen LogP contribution is -2.27. The maximum absolute atomic E-state index is 12.9. The average Bonchev–Trinajstić information content (AvgIpc) is 2.60. The summed E-state index contributed by atoms with van der Waals surface area (Å²) in [7, 11) is 1.44. The summed E-state index contributed by atoms with van der Waals surface area (Å²) in [6, 6.07) is 8.89. The zero-order valence-electron chi connectivity index (χ0n) is 16.5. The predicted molar refractivity (Wildman–Crippen MR) is 102 cm³/mol. The van der Waals surface area contributed by atoms with Crippen LogP contribution in [0.5, 0.6) is 5.75 Å². The molecule has 5 nitrogen and oxygen atoms in total. The van der Waals surface area contributed by atoms with Crippen LogP contribution in [0.1, 0.15) is 42.3 Å². The minimum Gasteiger partial charge on any atom is -0.497 e. The van der Waals surface area contributed by atoms with E-state index in [4.69, 9.17) is 9.47 Å². The van der Waals surface area contributed by atoms with Crippen LogP contribution >= 0.6 is 0 Å². The van der Waals surface area contributed by atoms with Gasteiger partial charge in [-0.3, -0.25) is 10.1 Å². The fourth-order valence-electron chi connectivity index (χ4n) is 2.51. The molecule has 0 aromatic heterocycles. The van der Waals surface area contributed by atoms with E-state index in [0.717, 1.165) is 12.1 Å². The normalized spacial score (nSPS) is 11.7. The number of halogens is 3. The van der Waals surface area contributed by atoms with Gasteiger partial charge in [0.15, 0.2) is 5.78 Å². The number of rotatable bonds is 5. The van der Waals surface area contributed by atoms with Crippen molar-refractivity contribution in [3.63, 3.8) is 0 Å². The number of ether oxygens (including phenoxy) is 2. The molecule has 0 fully saturated rings. The Balaban J connectivity index is 2.28. The van der Waals surface area contributed by atoms with Gasteiger partial charge in [-0.1, -0.05) is 18.2 Å². The number of hydrogen-bond donors (Lipinski definition) is 1. The predicted octanol–water partition coefficient (Wildman–Crippen LogP) is 5.49. The number of benzene rings is 2. The van der Waals surface area contributed by atoms with Gasteiger partial charge in [0.05, 0.1) is 18.4 Å². The number of alkyl halides is 3. The Labute approximate surface area is 166 Å². The van der Waals surface area contributed by atoms with Crippen LogP contribution in [0.2, 0.25) is 0 Å². The van der Waals surface area contributed by atoms with Gasteiger partial charge in [-0.25, -0.2) is 4.79 Å². The Morgan fingerprint density at radius 1 is 1.03 bits per heavy atom. The van der Waals surface area contributed by atoms with E-state index in [1.165, 1.54) is 25.3 Å². The van der Waals surface area contributed by atoms with Crippen molar-refractivity contribution in [3.05, 3.63) is 59.2 Å². The summed E-state index contributed by atoms with van der Waals surface area (Å²) in [5.74, 6) is -0.0835. The SMILES string of the molecule is COc1ccc(CC(=O)c2cccc(C(F)(F)F)c2)c(NC(=O)OC(C)(C)C)c1. The fraction of sp³-hybridized carbons (Fsp3) is 0.333. The quantitative estimate of drug-likeness (QED) is 0.664. The second kappa shape index (κ2) is 8.55. The number of carbonyl (C=O) groups is 2. The van der Waals surface area contributed by atoms with E-state index in [2.05, 4.69) is 5.32 Å². The summed E-state index contributed by atoms with van der Waals surface area (Å²) >= 11 is 0. The molecule has 156 valence electrons. The molecule has 0 saturated carbocycles. The molecule has 2 aromatic carbocycles. The molecule has 8 heteroatoms. The van der Waals surface area contributed by atoms with Crippen molar-refractivity contribution in [2.75, 3.05) is 12.4 Å². The third-order valence-electron chi connectivity index (χ3n) is 3.82. The van der Waals surface area contributed by atoms with Crippen LogP contribution in [0.3, 0.4) is 0 Å². The van der Waals surface area contributed by atoms with Gasteiger partial charge in [0, 0.05) is 18.1 Å². The summed E-state index contributed by atoms with van der Waals surface area (Å²) in [5.41, 5.74) is -1.00. The molecule has 29 heavy (non-hydrogen) atoms. The maximum atomic E-state index is 12.9. The number of Topliss-reactive ketones (excluding diaryl/α,β-unsaturated/α-hetero) is 1. The first-order chi connectivity index (χ1) is 13.4. The third-order valence-corrected chi connectivity index (χ3v) is 3.82. The summed E-state index contributed by atoms with van der Waals surface area (Å²) in [6.45, 7) is 5.11. The highest BCUT2D eigenvalue weighted by Gasteiger charge is 2.31. The topological polar surface area (TPSA) is 64.6 Å². The summed E-state index contributed by atoms with van der Waals surface area (Å²) < 4.78 is 49.0. The van der Waals surface area contributed by atoms with Gasteiger partial charge in [0.1, 0.15) is 11.4 Å². The van der Waals surface area contributed by atoms with Crippen LogP contribution in [0.15, 0.2) is 42.5 Å². The van der Waals surface area contributed by atoms with E-state index in [-0.39, 0.29) is 17.7 Å². The lowest BCUT2D eigenvalue weighted by atomic mass is 9.99. The summed E-state index contributed by atoms with van der Waals surface area (Å²) in [5, 5.41) is 2.56. The van der Waals surface area contributed by atoms with Gasteiger partial charge in [-0.15, -0.1) is 0 Å².